The Morgan fingerprint density at radius 3 is 2.04 bits per heavy atom. The molecule has 0 fully saturated rings. The van der Waals surface area contributed by atoms with Crippen LogP contribution in [0.2, 0.25) is 0 Å². The second-order valence-electron chi connectivity index (χ2n) is 5.46. The lowest BCUT2D eigenvalue weighted by Crippen LogP contribution is -2.21. The lowest BCUT2D eigenvalue weighted by molar-refractivity contribution is -0.123. The predicted molar refractivity (Wildman–Crippen MR) is 100 cm³/mol. The summed E-state index contributed by atoms with van der Waals surface area (Å²) in [7, 11) is 0. The summed E-state index contributed by atoms with van der Waals surface area (Å²) < 4.78 is 5.43. The molecule has 7 heteroatoms. The number of amides is 3. The van der Waals surface area contributed by atoms with Crippen molar-refractivity contribution < 1.29 is 19.1 Å². The van der Waals surface area contributed by atoms with Crippen LogP contribution >= 0.6 is 0 Å². The summed E-state index contributed by atoms with van der Waals surface area (Å²) in [5.74, 6) is -0.503. The standard InChI is InChI=1S/C19H21N3O4/c1-3-26-17-7-5-4-6-16(17)22-19(25)12-18(24)21-15-10-8-14(9-11-15)20-13(2)23/h4-11H,3,12H2,1-2H3,(H,20,23)(H,21,24)(H,22,25). The molecule has 2 aromatic carbocycles. The minimum absolute atomic E-state index is 0.175. The molecule has 0 aliphatic carbocycles. The van der Waals surface area contributed by atoms with Gasteiger partial charge in [-0.2, -0.15) is 0 Å². The molecule has 0 aliphatic rings. The Bertz CT molecular complexity index is 788. The van der Waals surface area contributed by atoms with Crippen LogP contribution in [0.5, 0.6) is 5.75 Å². The molecule has 2 aromatic rings. The summed E-state index contributed by atoms with van der Waals surface area (Å²) in [4.78, 5) is 35.1. The minimum Gasteiger partial charge on any atom is -0.492 e. The van der Waals surface area contributed by atoms with E-state index in [4.69, 9.17) is 4.74 Å². The van der Waals surface area contributed by atoms with Crippen molar-refractivity contribution in [1.29, 1.82) is 0 Å². The molecule has 0 radical (unpaired) electrons. The van der Waals surface area contributed by atoms with E-state index in [2.05, 4.69) is 16.0 Å². The molecule has 0 aliphatic heterocycles. The number of carbonyl (C=O) groups is 3. The van der Waals surface area contributed by atoms with Crippen molar-refractivity contribution in [2.45, 2.75) is 20.3 Å². The van der Waals surface area contributed by atoms with E-state index in [-0.39, 0.29) is 12.3 Å². The number of ether oxygens (including phenoxy) is 1. The Labute approximate surface area is 151 Å². The smallest absolute Gasteiger partial charge is 0.233 e. The highest BCUT2D eigenvalue weighted by Crippen LogP contribution is 2.23. The maximum Gasteiger partial charge on any atom is 0.233 e. The summed E-state index contributed by atoms with van der Waals surface area (Å²) >= 11 is 0. The van der Waals surface area contributed by atoms with Crippen LogP contribution < -0.4 is 20.7 Å². The van der Waals surface area contributed by atoms with Crippen LogP contribution in [0, 0.1) is 0 Å². The first kappa shape index (κ1) is 19.0. The number of nitrogens with one attached hydrogen (secondary N) is 3. The van der Waals surface area contributed by atoms with E-state index in [0.717, 1.165) is 0 Å². The number of rotatable bonds is 7. The van der Waals surface area contributed by atoms with E-state index >= 15 is 0 Å². The molecule has 0 unspecified atom stereocenters. The van der Waals surface area contributed by atoms with Gasteiger partial charge in [0.05, 0.1) is 12.3 Å². The molecule has 0 spiro atoms. The van der Waals surface area contributed by atoms with Crippen LogP contribution in [-0.2, 0) is 14.4 Å². The van der Waals surface area contributed by atoms with Gasteiger partial charge in [0, 0.05) is 18.3 Å². The van der Waals surface area contributed by atoms with Gasteiger partial charge in [-0.05, 0) is 43.3 Å². The van der Waals surface area contributed by atoms with Crippen molar-refractivity contribution in [3.63, 3.8) is 0 Å². The second kappa shape index (κ2) is 9.22. The maximum atomic E-state index is 12.1. The summed E-state index contributed by atoms with van der Waals surface area (Å²) in [5.41, 5.74) is 1.68. The van der Waals surface area contributed by atoms with Crippen LogP contribution in [-0.4, -0.2) is 24.3 Å². The zero-order valence-corrected chi connectivity index (χ0v) is 14.7. The Morgan fingerprint density at radius 2 is 1.42 bits per heavy atom. The van der Waals surface area contributed by atoms with Crippen molar-refractivity contribution in [2.24, 2.45) is 0 Å². The van der Waals surface area contributed by atoms with E-state index in [1.165, 1.54) is 6.92 Å². The van der Waals surface area contributed by atoms with Gasteiger partial charge in [0.15, 0.2) is 0 Å². The summed E-state index contributed by atoms with van der Waals surface area (Å²) in [6.45, 7) is 3.74. The Morgan fingerprint density at radius 1 is 0.846 bits per heavy atom. The molecule has 0 saturated heterocycles. The van der Waals surface area contributed by atoms with Gasteiger partial charge in [0.1, 0.15) is 12.2 Å². The van der Waals surface area contributed by atoms with Crippen molar-refractivity contribution >= 4 is 34.8 Å². The molecule has 3 amide bonds. The SMILES string of the molecule is CCOc1ccccc1NC(=O)CC(=O)Nc1ccc(NC(C)=O)cc1. The summed E-state index contributed by atoms with van der Waals surface area (Å²) in [6, 6.07) is 13.6. The van der Waals surface area contributed by atoms with Crippen LogP contribution in [0.4, 0.5) is 17.1 Å². The molecule has 2 rings (SSSR count). The second-order valence-corrected chi connectivity index (χ2v) is 5.46. The molecule has 136 valence electrons. The van der Waals surface area contributed by atoms with Crippen molar-refractivity contribution in [3.05, 3.63) is 48.5 Å². The first-order chi connectivity index (χ1) is 12.5. The molecule has 0 heterocycles. The van der Waals surface area contributed by atoms with Crippen LogP contribution in [0.15, 0.2) is 48.5 Å². The van der Waals surface area contributed by atoms with E-state index in [0.29, 0.717) is 29.4 Å². The maximum absolute atomic E-state index is 12.1. The van der Waals surface area contributed by atoms with Gasteiger partial charge in [-0.15, -0.1) is 0 Å². The minimum atomic E-state index is -0.441. The van der Waals surface area contributed by atoms with E-state index in [1.54, 1.807) is 48.5 Å². The summed E-state index contributed by atoms with van der Waals surface area (Å²) in [5, 5.41) is 7.94. The topological polar surface area (TPSA) is 96.5 Å². The molecular formula is C19H21N3O4. The molecule has 0 bridgehead atoms. The third-order valence-corrected chi connectivity index (χ3v) is 3.27. The molecular weight excluding hydrogens is 334 g/mol. The number of anilines is 3. The van der Waals surface area contributed by atoms with Gasteiger partial charge >= 0.3 is 0 Å². The fourth-order valence-corrected chi connectivity index (χ4v) is 2.24. The summed E-state index contributed by atoms with van der Waals surface area (Å²) in [6.07, 6.45) is -0.325. The third-order valence-electron chi connectivity index (χ3n) is 3.27. The first-order valence-corrected chi connectivity index (χ1v) is 8.17. The number of hydrogen-bond donors (Lipinski definition) is 3. The Kier molecular flexibility index (Phi) is 6.73. The highest BCUT2D eigenvalue weighted by atomic mass is 16.5. The van der Waals surface area contributed by atoms with E-state index in [9.17, 15) is 14.4 Å². The zero-order valence-electron chi connectivity index (χ0n) is 14.7. The van der Waals surface area contributed by atoms with Gasteiger partial charge in [0.2, 0.25) is 17.7 Å². The lowest BCUT2D eigenvalue weighted by Gasteiger charge is -2.11. The molecule has 7 nitrogen and oxygen atoms in total. The number of para-hydroxylation sites is 2. The molecule has 3 N–H and O–H groups in total. The van der Waals surface area contributed by atoms with Crippen LogP contribution in [0.25, 0.3) is 0 Å². The third kappa shape index (κ3) is 5.94. The first-order valence-electron chi connectivity index (χ1n) is 8.17. The van der Waals surface area contributed by atoms with Crippen molar-refractivity contribution in [3.8, 4) is 5.75 Å². The average molecular weight is 355 g/mol. The van der Waals surface area contributed by atoms with E-state index < -0.39 is 11.8 Å². The van der Waals surface area contributed by atoms with E-state index in [1.807, 2.05) is 6.92 Å². The highest BCUT2D eigenvalue weighted by Gasteiger charge is 2.12. The number of benzene rings is 2. The van der Waals surface area contributed by atoms with Crippen LogP contribution in [0.3, 0.4) is 0 Å². The Balaban J connectivity index is 1.89. The fraction of sp³-hybridized carbons (Fsp3) is 0.211. The quantitative estimate of drug-likeness (QED) is 0.665. The van der Waals surface area contributed by atoms with Gasteiger partial charge in [-0.25, -0.2) is 0 Å². The zero-order chi connectivity index (χ0) is 18.9. The monoisotopic (exact) mass is 355 g/mol. The number of hydrogen-bond acceptors (Lipinski definition) is 4. The molecule has 0 atom stereocenters. The van der Waals surface area contributed by atoms with Crippen molar-refractivity contribution in [2.75, 3.05) is 22.6 Å². The predicted octanol–water partition coefficient (Wildman–Crippen LogP) is 3.01. The molecule has 0 aromatic heterocycles. The fourth-order valence-electron chi connectivity index (χ4n) is 2.24. The van der Waals surface area contributed by atoms with Crippen molar-refractivity contribution in [1.82, 2.24) is 0 Å². The highest BCUT2D eigenvalue weighted by molar-refractivity contribution is 6.08. The molecule has 0 saturated carbocycles. The van der Waals surface area contributed by atoms with Gasteiger partial charge < -0.3 is 20.7 Å². The van der Waals surface area contributed by atoms with Crippen LogP contribution in [0.1, 0.15) is 20.3 Å². The normalized spacial score (nSPS) is 9.92. The average Bonchev–Trinajstić information content (AvgIpc) is 2.58. The number of carbonyl (C=O) groups excluding carboxylic acids is 3. The van der Waals surface area contributed by atoms with Gasteiger partial charge in [0.25, 0.3) is 0 Å². The van der Waals surface area contributed by atoms with Gasteiger partial charge in [-0.1, -0.05) is 12.1 Å². The Hall–Kier alpha value is -3.35. The van der Waals surface area contributed by atoms with Gasteiger partial charge in [-0.3, -0.25) is 14.4 Å². The largest absolute Gasteiger partial charge is 0.492 e. The lowest BCUT2D eigenvalue weighted by atomic mass is 10.2. The molecule has 26 heavy (non-hydrogen) atoms.